The normalized spacial score (nSPS) is 11.2. The number of Topliss-reactive ketones (excluding diaryl/α,β-unsaturated/α-hetero) is 1. The third-order valence-electron chi connectivity index (χ3n) is 1.57. The molecule has 0 spiro atoms. The van der Waals surface area contributed by atoms with Crippen LogP contribution in [-0.4, -0.2) is 5.78 Å². The van der Waals surface area contributed by atoms with Gasteiger partial charge in [-0.25, -0.2) is 0 Å². The lowest BCUT2D eigenvalue weighted by atomic mass is 10.1. The first-order valence-corrected chi connectivity index (χ1v) is 3.64. The molecular weight excluding hydrogens is 152 g/mol. The van der Waals surface area contributed by atoms with Crippen LogP contribution in [0.4, 0.5) is 0 Å². The summed E-state index contributed by atoms with van der Waals surface area (Å²) < 4.78 is 0. The molecular formula is C10H9O2-. The van der Waals surface area contributed by atoms with Gasteiger partial charge in [0.15, 0.2) is 5.78 Å². The summed E-state index contributed by atoms with van der Waals surface area (Å²) in [7, 11) is 0. The molecule has 0 saturated heterocycles. The van der Waals surface area contributed by atoms with Gasteiger partial charge in [-0.05, 0) is 12.5 Å². The molecule has 0 saturated carbocycles. The summed E-state index contributed by atoms with van der Waals surface area (Å²) in [6.07, 6.45) is 0.579. The van der Waals surface area contributed by atoms with Crippen LogP contribution in [0, 0.1) is 0 Å². The molecule has 0 bridgehead atoms. The van der Waals surface area contributed by atoms with E-state index in [9.17, 15) is 9.90 Å². The van der Waals surface area contributed by atoms with Gasteiger partial charge >= 0.3 is 0 Å². The first kappa shape index (κ1) is 8.53. The number of benzene rings is 1. The first-order valence-electron chi connectivity index (χ1n) is 3.64. The second kappa shape index (κ2) is 3.72. The van der Waals surface area contributed by atoms with Crippen LogP contribution < -0.4 is 5.11 Å². The number of allylic oxidation sites excluding steroid dienone is 1. The van der Waals surface area contributed by atoms with Crippen LogP contribution >= 0.6 is 0 Å². The molecule has 1 aromatic carbocycles. The highest BCUT2D eigenvalue weighted by molar-refractivity contribution is 6.07. The van der Waals surface area contributed by atoms with E-state index in [-0.39, 0.29) is 11.4 Å². The van der Waals surface area contributed by atoms with E-state index in [4.69, 9.17) is 0 Å². The van der Waals surface area contributed by atoms with Crippen molar-refractivity contribution in [2.24, 2.45) is 0 Å². The molecule has 0 aromatic heterocycles. The van der Waals surface area contributed by atoms with Crippen molar-refractivity contribution >= 4 is 5.78 Å². The minimum Gasteiger partial charge on any atom is -0.878 e. The van der Waals surface area contributed by atoms with Gasteiger partial charge < -0.3 is 5.11 Å². The summed E-state index contributed by atoms with van der Waals surface area (Å²) in [5.41, 5.74) is 0.795. The molecule has 0 atom stereocenters. The molecule has 0 aliphatic rings. The van der Waals surface area contributed by atoms with E-state index in [1.54, 1.807) is 24.3 Å². The predicted octanol–water partition coefficient (Wildman–Crippen LogP) is 1.13. The summed E-state index contributed by atoms with van der Waals surface area (Å²) in [6, 6.07) is 8.74. The van der Waals surface area contributed by atoms with E-state index in [0.29, 0.717) is 11.8 Å². The third kappa shape index (κ3) is 1.72. The maximum Gasteiger partial charge on any atom is 0.187 e. The summed E-state index contributed by atoms with van der Waals surface area (Å²) in [6.45, 7) is 1.52. The van der Waals surface area contributed by atoms with Crippen molar-refractivity contribution in [2.75, 3.05) is 0 Å². The van der Waals surface area contributed by atoms with Gasteiger partial charge in [-0.1, -0.05) is 30.3 Å². The van der Waals surface area contributed by atoms with Crippen LogP contribution in [0.25, 0.3) is 0 Å². The van der Waals surface area contributed by atoms with Crippen molar-refractivity contribution in [1.82, 2.24) is 0 Å². The van der Waals surface area contributed by atoms with Gasteiger partial charge in [-0.15, -0.1) is 6.26 Å². The van der Waals surface area contributed by atoms with Gasteiger partial charge in [0.2, 0.25) is 0 Å². The zero-order valence-electron chi connectivity index (χ0n) is 6.78. The van der Waals surface area contributed by atoms with Crippen molar-refractivity contribution in [2.45, 2.75) is 6.92 Å². The Bertz CT molecular complexity index is 299. The monoisotopic (exact) mass is 161 g/mol. The lowest BCUT2D eigenvalue weighted by Crippen LogP contribution is -2.03. The first-order chi connectivity index (χ1) is 5.75. The highest BCUT2D eigenvalue weighted by atomic mass is 16.2. The molecule has 0 aliphatic heterocycles. The fraction of sp³-hybridized carbons (Fsp3) is 0.100. The predicted molar refractivity (Wildman–Crippen MR) is 44.5 cm³/mol. The number of hydrogen-bond acceptors (Lipinski definition) is 2. The van der Waals surface area contributed by atoms with Gasteiger partial charge in [0.25, 0.3) is 0 Å². The van der Waals surface area contributed by atoms with Crippen LogP contribution in [0.5, 0.6) is 0 Å². The largest absolute Gasteiger partial charge is 0.878 e. The lowest BCUT2D eigenvalue weighted by molar-refractivity contribution is -0.275. The Morgan fingerprint density at radius 2 is 1.92 bits per heavy atom. The smallest absolute Gasteiger partial charge is 0.187 e. The van der Waals surface area contributed by atoms with Gasteiger partial charge in [0, 0.05) is 5.56 Å². The van der Waals surface area contributed by atoms with Gasteiger partial charge in [0.1, 0.15) is 0 Å². The number of rotatable bonds is 2. The second-order valence-corrected chi connectivity index (χ2v) is 2.50. The molecule has 12 heavy (non-hydrogen) atoms. The Morgan fingerprint density at radius 1 is 1.33 bits per heavy atom. The molecule has 1 aromatic rings. The van der Waals surface area contributed by atoms with E-state index in [2.05, 4.69) is 0 Å². The molecule has 0 aliphatic carbocycles. The van der Waals surface area contributed by atoms with Crippen molar-refractivity contribution < 1.29 is 9.90 Å². The van der Waals surface area contributed by atoms with Crippen LogP contribution in [0.15, 0.2) is 42.2 Å². The van der Waals surface area contributed by atoms with Crippen LogP contribution in [0.3, 0.4) is 0 Å². The van der Waals surface area contributed by atoms with E-state index < -0.39 is 0 Å². The molecule has 0 N–H and O–H groups in total. The minimum absolute atomic E-state index is 0.203. The van der Waals surface area contributed by atoms with E-state index >= 15 is 0 Å². The van der Waals surface area contributed by atoms with Crippen molar-refractivity contribution in [3.8, 4) is 0 Å². The number of hydrogen-bond donors (Lipinski definition) is 0. The number of ketones is 1. The highest BCUT2D eigenvalue weighted by Gasteiger charge is 2.03. The zero-order valence-corrected chi connectivity index (χ0v) is 6.78. The van der Waals surface area contributed by atoms with Gasteiger partial charge in [-0.3, -0.25) is 4.79 Å². The van der Waals surface area contributed by atoms with Gasteiger partial charge in [0.05, 0.1) is 0 Å². The Labute approximate surface area is 71.2 Å². The Balaban J connectivity index is 2.94. The van der Waals surface area contributed by atoms with Crippen LogP contribution in [0.2, 0.25) is 0 Å². The summed E-state index contributed by atoms with van der Waals surface area (Å²) in [5, 5.41) is 10.3. The van der Waals surface area contributed by atoms with E-state index in [1.807, 2.05) is 6.07 Å². The highest BCUT2D eigenvalue weighted by Crippen LogP contribution is 2.05. The SMILES string of the molecule is CC(=C[O-])C(=O)c1ccccc1. The second-order valence-electron chi connectivity index (χ2n) is 2.50. The van der Waals surface area contributed by atoms with Crippen LogP contribution in [-0.2, 0) is 0 Å². The number of carbonyl (C=O) groups excluding carboxylic acids is 1. The zero-order chi connectivity index (χ0) is 8.97. The van der Waals surface area contributed by atoms with E-state index in [1.165, 1.54) is 6.92 Å². The Morgan fingerprint density at radius 3 is 2.42 bits per heavy atom. The quantitative estimate of drug-likeness (QED) is 0.370. The Kier molecular flexibility index (Phi) is 2.64. The minimum atomic E-state index is -0.203. The average molecular weight is 161 g/mol. The summed E-state index contributed by atoms with van der Waals surface area (Å²) in [5.74, 6) is -0.203. The maximum atomic E-state index is 11.3. The van der Waals surface area contributed by atoms with E-state index in [0.717, 1.165) is 0 Å². The van der Waals surface area contributed by atoms with Crippen molar-refractivity contribution in [3.05, 3.63) is 47.7 Å². The summed E-state index contributed by atoms with van der Waals surface area (Å²) >= 11 is 0. The molecule has 0 amide bonds. The van der Waals surface area contributed by atoms with Crippen molar-refractivity contribution in [3.63, 3.8) is 0 Å². The molecule has 0 fully saturated rings. The maximum absolute atomic E-state index is 11.3. The fourth-order valence-corrected chi connectivity index (χ4v) is 0.871. The molecule has 0 radical (unpaired) electrons. The topological polar surface area (TPSA) is 40.1 Å². The molecule has 0 unspecified atom stereocenters. The molecule has 0 heterocycles. The molecule has 2 nitrogen and oxygen atoms in total. The fourth-order valence-electron chi connectivity index (χ4n) is 0.871. The molecule has 1 rings (SSSR count). The summed E-state index contributed by atoms with van der Waals surface area (Å²) in [4.78, 5) is 11.3. The Hall–Kier alpha value is -1.57. The lowest BCUT2D eigenvalue weighted by Gasteiger charge is -2.01. The van der Waals surface area contributed by atoms with Crippen LogP contribution in [0.1, 0.15) is 17.3 Å². The average Bonchev–Trinajstić information content (AvgIpc) is 2.17. The molecule has 2 heteroatoms. The standard InChI is InChI=1S/C10H10O2/c1-8(7-11)10(12)9-5-3-2-4-6-9/h2-7,11H,1H3/p-1. The van der Waals surface area contributed by atoms with Crippen molar-refractivity contribution in [1.29, 1.82) is 0 Å². The third-order valence-corrected chi connectivity index (χ3v) is 1.57. The molecule has 62 valence electrons. The van der Waals surface area contributed by atoms with Gasteiger partial charge in [-0.2, -0.15) is 0 Å². The number of carbonyl (C=O) groups is 1.